The van der Waals surface area contributed by atoms with Gasteiger partial charge in [0.05, 0.1) is 7.11 Å². The Kier molecular flexibility index (Phi) is 3.67. The summed E-state index contributed by atoms with van der Waals surface area (Å²) >= 11 is 0. The number of aliphatic carboxylic acids is 1. The number of carbonyl (C=O) groups is 1. The van der Waals surface area contributed by atoms with Gasteiger partial charge in [0.2, 0.25) is 0 Å². The molecule has 1 N–H and O–H groups in total. The predicted octanol–water partition coefficient (Wildman–Crippen LogP) is 3.05. The van der Waals surface area contributed by atoms with Crippen molar-refractivity contribution in [3.63, 3.8) is 0 Å². The maximum atomic E-state index is 10.5. The molecule has 0 spiro atoms. The van der Waals surface area contributed by atoms with Crippen LogP contribution in [0.5, 0.6) is 5.75 Å². The summed E-state index contributed by atoms with van der Waals surface area (Å²) in [4.78, 5) is 10.5. The lowest BCUT2D eigenvalue weighted by molar-refractivity contribution is -0.137. The van der Waals surface area contributed by atoms with Crippen molar-refractivity contribution in [3.8, 4) is 5.75 Å². The summed E-state index contributed by atoms with van der Waals surface area (Å²) in [5.74, 6) is 1.38. The van der Waals surface area contributed by atoms with Crippen LogP contribution in [-0.2, 0) is 4.79 Å². The second-order valence-corrected chi connectivity index (χ2v) is 4.71. The van der Waals surface area contributed by atoms with E-state index in [9.17, 15) is 4.79 Å². The summed E-state index contributed by atoms with van der Waals surface area (Å²) in [6.07, 6.45) is 3.28. The molecule has 0 bridgehead atoms. The van der Waals surface area contributed by atoms with Crippen LogP contribution in [0.15, 0.2) is 24.3 Å². The van der Waals surface area contributed by atoms with Gasteiger partial charge in [0.15, 0.2) is 0 Å². The summed E-state index contributed by atoms with van der Waals surface area (Å²) in [7, 11) is 1.69. The van der Waals surface area contributed by atoms with E-state index < -0.39 is 5.97 Å². The van der Waals surface area contributed by atoms with Crippen molar-refractivity contribution in [3.05, 3.63) is 29.8 Å². The molecule has 0 amide bonds. The van der Waals surface area contributed by atoms with Crippen molar-refractivity contribution in [2.75, 3.05) is 7.11 Å². The van der Waals surface area contributed by atoms with E-state index in [1.54, 1.807) is 7.11 Å². The average molecular weight is 234 g/mol. The number of hydrogen-bond acceptors (Lipinski definition) is 2. The highest BCUT2D eigenvalue weighted by Gasteiger charge is 2.31. The summed E-state index contributed by atoms with van der Waals surface area (Å²) in [5, 5.41) is 8.63. The zero-order valence-electron chi connectivity index (χ0n) is 10.1. The first kappa shape index (κ1) is 12.0. The molecule has 0 radical (unpaired) electrons. The molecular formula is C14H18O3. The monoisotopic (exact) mass is 234 g/mol. The molecule has 0 heterocycles. The number of methoxy groups -OCH3 is 1. The zero-order valence-corrected chi connectivity index (χ0v) is 10.1. The Morgan fingerprint density at radius 1 is 1.41 bits per heavy atom. The minimum absolute atomic E-state index is 0.295. The van der Waals surface area contributed by atoms with Crippen LogP contribution < -0.4 is 4.74 Å². The molecule has 0 aliphatic heterocycles. The van der Waals surface area contributed by atoms with Gasteiger partial charge in [0, 0.05) is 6.42 Å². The molecule has 0 unspecified atom stereocenters. The quantitative estimate of drug-likeness (QED) is 0.851. The van der Waals surface area contributed by atoms with Gasteiger partial charge >= 0.3 is 5.97 Å². The predicted molar refractivity (Wildman–Crippen MR) is 65.3 cm³/mol. The normalized spacial score (nSPS) is 22.9. The van der Waals surface area contributed by atoms with E-state index >= 15 is 0 Å². The van der Waals surface area contributed by atoms with E-state index in [4.69, 9.17) is 9.84 Å². The van der Waals surface area contributed by atoms with Crippen molar-refractivity contribution in [2.24, 2.45) is 5.92 Å². The Hall–Kier alpha value is -1.51. The Morgan fingerprint density at radius 2 is 2.12 bits per heavy atom. The van der Waals surface area contributed by atoms with E-state index in [0.29, 0.717) is 18.3 Å². The first-order valence-corrected chi connectivity index (χ1v) is 6.05. The number of ether oxygens (including phenoxy) is 1. The first-order valence-electron chi connectivity index (χ1n) is 6.05. The van der Waals surface area contributed by atoms with Gasteiger partial charge in [-0.15, -0.1) is 0 Å². The SMILES string of the molecule is COc1ccccc1C1CC(CCC(=O)O)C1. The fraction of sp³-hybridized carbons (Fsp3) is 0.500. The van der Waals surface area contributed by atoms with Gasteiger partial charge < -0.3 is 9.84 Å². The van der Waals surface area contributed by atoms with Gasteiger partial charge in [-0.2, -0.15) is 0 Å². The van der Waals surface area contributed by atoms with Crippen LogP contribution in [0.1, 0.15) is 37.2 Å². The van der Waals surface area contributed by atoms with Gasteiger partial charge in [0.25, 0.3) is 0 Å². The molecule has 0 atom stereocenters. The topological polar surface area (TPSA) is 46.5 Å². The third kappa shape index (κ3) is 2.78. The lowest BCUT2D eigenvalue weighted by Crippen LogP contribution is -2.23. The summed E-state index contributed by atoms with van der Waals surface area (Å²) in [5.41, 5.74) is 1.27. The molecule has 1 saturated carbocycles. The second-order valence-electron chi connectivity index (χ2n) is 4.71. The van der Waals surface area contributed by atoms with Crippen molar-refractivity contribution >= 4 is 5.97 Å². The van der Waals surface area contributed by atoms with Crippen LogP contribution in [0.3, 0.4) is 0 Å². The van der Waals surface area contributed by atoms with E-state index in [1.165, 1.54) is 5.56 Å². The fourth-order valence-corrected chi connectivity index (χ4v) is 2.56. The van der Waals surface area contributed by atoms with E-state index in [-0.39, 0.29) is 0 Å². The highest BCUT2D eigenvalue weighted by Crippen LogP contribution is 2.46. The lowest BCUT2D eigenvalue weighted by atomic mass is 9.69. The third-order valence-electron chi connectivity index (χ3n) is 3.58. The number of benzene rings is 1. The van der Waals surface area contributed by atoms with Crippen LogP contribution in [-0.4, -0.2) is 18.2 Å². The van der Waals surface area contributed by atoms with Crippen molar-refractivity contribution in [1.82, 2.24) is 0 Å². The van der Waals surface area contributed by atoms with E-state index in [0.717, 1.165) is 25.0 Å². The molecule has 1 aliphatic rings. The lowest BCUT2D eigenvalue weighted by Gasteiger charge is -2.36. The maximum Gasteiger partial charge on any atom is 0.303 e. The molecule has 17 heavy (non-hydrogen) atoms. The van der Waals surface area contributed by atoms with Crippen LogP contribution in [0.4, 0.5) is 0 Å². The largest absolute Gasteiger partial charge is 0.496 e. The summed E-state index contributed by atoms with van der Waals surface area (Å²) in [6.45, 7) is 0. The highest BCUT2D eigenvalue weighted by molar-refractivity contribution is 5.66. The van der Waals surface area contributed by atoms with Crippen molar-refractivity contribution in [2.45, 2.75) is 31.6 Å². The Labute approximate surface area is 101 Å². The third-order valence-corrected chi connectivity index (χ3v) is 3.58. The fourth-order valence-electron chi connectivity index (χ4n) is 2.56. The minimum Gasteiger partial charge on any atom is -0.496 e. The number of carboxylic acid groups (broad SMARTS) is 1. The molecule has 0 aromatic heterocycles. The molecule has 0 saturated heterocycles. The van der Waals surface area contributed by atoms with Crippen molar-refractivity contribution < 1.29 is 14.6 Å². The van der Waals surface area contributed by atoms with Gasteiger partial charge in [-0.3, -0.25) is 4.79 Å². The highest BCUT2D eigenvalue weighted by atomic mass is 16.5. The van der Waals surface area contributed by atoms with Crippen LogP contribution in [0.25, 0.3) is 0 Å². The standard InChI is InChI=1S/C14H18O3/c1-17-13-5-3-2-4-12(13)11-8-10(9-11)6-7-14(15)16/h2-5,10-11H,6-9H2,1H3,(H,15,16). The minimum atomic E-state index is -0.689. The number of hydrogen-bond donors (Lipinski definition) is 1. The molecule has 1 fully saturated rings. The summed E-state index contributed by atoms with van der Waals surface area (Å²) < 4.78 is 5.34. The molecule has 1 aromatic carbocycles. The van der Waals surface area contributed by atoms with Crippen LogP contribution in [0, 0.1) is 5.92 Å². The summed E-state index contributed by atoms with van der Waals surface area (Å²) in [6, 6.07) is 8.10. The van der Waals surface area contributed by atoms with Gasteiger partial charge in [-0.25, -0.2) is 0 Å². The molecule has 1 aliphatic carbocycles. The van der Waals surface area contributed by atoms with Crippen LogP contribution in [0.2, 0.25) is 0 Å². The average Bonchev–Trinajstić information content (AvgIpc) is 2.27. The first-order chi connectivity index (χ1) is 8.20. The van der Waals surface area contributed by atoms with Crippen LogP contribution >= 0.6 is 0 Å². The number of para-hydroxylation sites is 1. The van der Waals surface area contributed by atoms with E-state index in [1.807, 2.05) is 18.2 Å². The Morgan fingerprint density at radius 3 is 2.76 bits per heavy atom. The molecule has 92 valence electrons. The van der Waals surface area contributed by atoms with Crippen molar-refractivity contribution in [1.29, 1.82) is 0 Å². The molecular weight excluding hydrogens is 216 g/mol. The van der Waals surface area contributed by atoms with Gasteiger partial charge in [-0.1, -0.05) is 18.2 Å². The molecule has 1 aromatic rings. The number of carboxylic acids is 1. The second kappa shape index (κ2) is 5.21. The smallest absolute Gasteiger partial charge is 0.303 e. The van der Waals surface area contributed by atoms with Gasteiger partial charge in [-0.05, 0) is 42.7 Å². The zero-order chi connectivity index (χ0) is 12.3. The molecule has 2 rings (SSSR count). The van der Waals surface area contributed by atoms with E-state index in [2.05, 4.69) is 6.07 Å². The maximum absolute atomic E-state index is 10.5. The number of rotatable bonds is 5. The van der Waals surface area contributed by atoms with Gasteiger partial charge in [0.1, 0.15) is 5.75 Å². The Balaban J connectivity index is 1.88. The molecule has 3 nitrogen and oxygen atoms in total. The Bertz CT molecular complexity index is 394. The molecule has 3 heteroatoms.